The number of hydrogen-bond acceptors (Lipinski definition) is 5. The number of carbonyl (C=O) groups is 2. The van der Waals surface area contributed by atoms with Crippen LogP contribution < -0.4 is 19.7 Å². The number of nitrogens with zero attached hydrogens (tertiary/aromatic N) is 1. The number of nitrogens with one attached hydrogen (secondary N) is 1. The number of amides is 2. The Morgan fingerprint density at radius 1 is 1.08 bits per heavy atom. The molecule has 194 valence electrons. The molecule has 38 heavy (non-hydrogen) atoms. The second-order valence-corrected chi connectivity index (χ2v) is 8.95. The van der Waals surface area contributed by atoms with E-state index in [0.717, 1.165) is 12.0 Å². The number of thiocarbonyl (C=S) groups is 1. The number of carbonyl (C=O) groups excluding carboxylic acids is 2. The van der Waals surface area contributed by atoms with Crippen LogP contribution in [0.2, 0.25) is 0 Å². The number of methoxy groups -OCH3 is 1. The number of anilines is 1. The predicted octanol–water partition coefficient (Wildman–Crippen LogP) is 5.54. The number of allylic oxidation sites excluding steroid dienone is 1. The highest BCUT2D eigenvalue weighted by atomic mass is 32.1. The number of halogens is 1. The Bertz CT molecular complexity index is 1430. The van der Waals surface area contributed by atoms with Gasteiger partial charge in [0.15, 0.2) is 16.6 Å². The standard InChI is InChI=1S/C30H27FN2O4S/c1-4-8-21-15-20(17-26(36-3)27(21)37-18-22-9-6-7-10-25(22)31)16-24-28(34)32-30(38)33(29(24)35)23-13-11-19(5-2)12-14-23/h4,6-7,9-17H,1,5,8,18H2,2-3H3,(H,32,34,38)/b24-16+. The first-order valence-electron chi connectivity index (χ1n) is 12.0. The molecule has 8 heteroatoms. The summed E-state index contributed by atoms with van der Waals surface area (Å²) in [6, 6.07) is 17.2. The highest BCUT2D eigenvalue weighted by Crippen LogP contribution is 2.35. The molecule has 0 radical (unpaired) electrons. The fourth-order valence-corrected chi connectivity index (χ4v) is 4.38. The lowest BCUT2D eigenvalue weighted by molar-refractivity contribution is -0.122. The zero-order valence-corrected chi connectivity index (χ0v) is 21.9. The second-order valence-electron chi connectivity index (χ2n) is 8.56. The summed E-state index contributed by atoms with van der Waals surface area (Å²) in [4.78, 5) is 27.5. The molecule has 2 amide bonds. The van der Waals surface area contributed by atoms with Gasteiger partial charge in [-0.25, -0.2) is 4.39 Å². The van der Waals surface area contributed by atoms with Crippen molar-refractivity contribution in [2.45, 2.75) is 26.4 Å². The molecular weight excluding hydrogens is 503 g/mol. The van der Waals surface area contributed by atoms with Crippen molar-refractivity contribution >= 4 is 40.9 Å². The van der Waals surface area contributed by atoms with Crippen molar-refractivity contribution in [2.75, 3.05) is 12.0 Å². The maximum atomic E-state index is 14.1. The van der Waals surface area contributed by atoms with E-state index >= 15 is 0 Å². The number of benzene rings is 3. The van der Waals surface area contributed by atoms with E-state index < -0.39 is 11.8 Å². The average Bonchev–Trinajstić information content (AvgIpc) is 2.91. The van der Waals surface area contributed by atoms with Crippen LogP contribution in [-0.4, -0.2) is 24.0 Å². The minimum Gasteiger partial charge on any atom is -0.493 e. The Morgan fingerprint density at radius 2 is 1.82 bits per heavy atom. The Morgan fingerprint density at radius 3 is 2.47 bits per heavy atom. The monoisotopic (exact) mass is 530 g/mol. The molecule has 6 nitrogen and oxygen atoms in total. The van der Waals surface area contributed by atoms with Gasteiger partial charge in [-0.3, -0.25) is 19.8 Å². The van der Waals surface area contributed by atoms with Gasteiger partial charge in [0.1, 0.15) is 18.0 Å². The summed E-state index contributed by atoms with van der Waals surface area (Å²) in [6.07, 6.45) is 4.46. The quantitative estimate of drug-likeness (QED) is 0.170. The summed E-state index contributed by atoms with van der Waals surface area (Å²) in [5.74, 6) is -0.695. The minimum absolute atomic E-state index is 0.00225. The molecule has 0 bridgehead atoms. The topological polar surface area (TPSA) is 67.9 Å². The van der Waals surface area contributed by atoms with Gasteiger partial charge in [-0.05, 0) is 72.6 Å². The van der Waals surface area contributed by atoms with Crippen LogP contribution in [0.5, 0.6) is 11.5 Å². The van der Waals surface area contributed by atoms with Gasteiger partial charge < -0.3 is 9.47 Å². The Balaban J connectivity index is 1.69. The van der Waals surface area contributed by atoms with E-state index in [9.17, 15) is 14.0 Å². The SMILES string of the molecule is C=CCc1cc(/C=C2\C(=O)NC(=S)N(c3ccc(CC)cc3)C2=O)cc(OC)c1OCc1ccccc1F. The molecule has 0 atom stereocenters. The van der Waals surface area contributed by atoms with Crippen molar-refractivity contribution in [1.29, 1.82) is 0 Å². The maximum absolute atomic E-state index is 14.1. The maximum Gasteiger partial charge on any atom is 0.270 e. The molecule has 0 aliphatic carbocycles. The van der Waals surface area contributed by atoms with E-state index in [0.29, 0.717) is 40.3 Å². The molecule has 3 aromatic carbocycles. The zero-order valence-electron chi connectivity index (χ0n) is 21.1. The van der Waals surface area contributed by atoms with Gasteiger partial charge in [-0.2, -0.15) is 0 Å². The highest BCUT2D eigenvalue weighted by Gasteiger charge is 2.34. The number of ether oxygens (including phenoxy) is 2. The van der Waals surface area contributed by atoms with Crippen LogP contribution in [0.15, 0.2) is 78.9 Å². The predicted molar refractivity (Wildman–Crippen MR) is 150 cm³/mol. The zero-order chi connectivity index (χ0) is 27.2. The first kappa shape index (κ1) is 26.8. The van der Waals surface area contributed by atoms with Crippen LogP contribution in [0, 0.1) is 5.82 Å². The Hall–Kier alpha value is -4.30. The van der Waals surface area contributed by atoms with Crippen LogP contribution in [0.1, 0.15) is 29.2 Å². The Kier molecular flexibility index (Phi) is 8.33. The van der Waals surface area contributed by atoms with Crippen LogP contribution in [0.4, 0.5) is 10.1 Å². The van der Waals surface area contributed by atoms with E-state index in [1.54, 1.807) is 48.5 Å². The first-order chi connectivity index (χ1) is 18.4. The van der Waals surface area contributed by atoms with Crippen LogP contribution in [0.3, 0.4) is 0 Å². The van der Waals surface area contributed by atoms with E-state index in [2.05, 4.69) is 11.9 Å². The molecule has 1 fully saturated rings. The molecule has 3 aromatic rings. The van der Waals surface area contributed by atoms with E-state index in [1.165, 1.54) is 24.2 Å². The number of rotatable bonds is 9. The largest absolute Gasteiger partial charge is 0.493 e. The van der Waals surface area contributed by atoms with Crippen LogP contribution >= 0.6 is 12.2 Å². The lowest BCUT2D eigenvalue weighted by Gasteiger charge is -2.29. The Labute approximate surface area is 226 Å². The van der Waals surface area contributed by atoms with E-state index in [1.807, 2.05) is 19.1 Å². The third-order valence-electron chi connectivity index (χ3n) is 6.08. The van der Waals surface area contributed by atoms with Crippen LogP contribution in [0.25, 0.3) is 6.08 Å². The van der Waals surface area contributed by atoms with Gasteiger partial charge in [0.25, 0.3) is 11.8 Å². The molecule has 0 spiro atoms. The lowest BCUT2D eigenvalue weighted by Crippen LogP contribution is -2.54. The molecule has 0 aromatic heterocycles. The fourth-order valence-electron chi connectivity index (χ4n) is 4.09. The van der Waals surface area contributed by atoms with Gasteiger partial charge in [0, 0.05) is 11.1 Å². The summed E-state index contributed by atoms with van der Waals surface area (Å²) < 4.78 is 25.7. The van der Waals surface area contributed by atoms with Crippen molar-refractivity contribution in [2.24, 2.45) is 0 Å². The molecule has 0 saturated carbocycles. The normalized spacial score (nSPS) is 14.4. The second kappa shape index (κ2) is 11.8. The summed E-state index contributed by atoms with van der Waals surface area (Å²) in [5.41, 5.74) is 3.24. The molecule has 0 unspecified atom stereocenters. The number of hydrogen-bond donors (Lipinski definition) is 1. The van der Waals surface area contributed by atoms with Crippen LogP contribution in [-0.2, 0) is 29.0 Å². The fraction of sp³-hybridized carbons (Fsp3) is 0.167. The van der Waals surface area contributed by atoms with Crippen molar-refractivity contribution in [1.82, 2.24) is 5.32 Å². The van der Waals surface area contributed by atoms with Gasteiger partial charge in [0.2, 0.25) is 0 Å². The third kappa shape index (κ3) is 5.65. The summed E-state index contributed by atoms with van der Waals surface area (Å²) in [5, 5.41) is 2.62. The third-order valence-corrected chi connectivity index (χ3v) is 6.37. The molecule has 1 N–H and O–H groups in total. The minimum atomic E-state index is -0.592. The van der Waals surface area contributed by atoms with Gasteiger partial charge in [-0.1, -0.05) is 43.3 Å². The molecule has 1 aliphatic heterocycles. The summed E-state index contributed by atoms with van der Waals surface area (Å²) >= 11 is 5.30. The van der Waals surface area contributed by atoms with Gasteiger partial charge >= 0.3 is 0 Å². The average molecular weight is 531 g/mol. The summed E-state index contributed by atoms with van der Waals surface area (Å²) in [7, 11) is 1.48. The molecule has 4 rings (SSSR count). The lowest BCUT2D eigenvalue weighted by atomic mass is 10.0. The van der Waals surface area contributed by atoms with E-state index in [-0.39, 0.29) is 23.1 Å². The molecular formula is C30H27FN2O4S. The van der Waals surface area contributed by atoms with Gasteiger partial charge in [0.05, 0.1) is 12.8 Å². The first-order valence-corrected chi connectivity index (χ1v) is 12.5. The van der Waals surface area contributed by atoms with Gasteiger partial charge in [-0.15, -0.1) is 6.58 Å². The van der Waals surface area contributed by atoms with Crippen molar-refractivity contribution in [3.8, 4) is 11.5 Å². The highest BCUT2D eigenvalue weighted by molar-refractivity contribution is 7.80. The molecule has 1 heterocycles. The van der Waals surface area contributed by atoms with Crippen molar-refractivity contribution < 1.29 is 23.5 Å². The summed E-state index contributed by atoms with van der Waals surface area (Å²) in [6.45, 7) is 5.84. The molecule has 1 aliphatic rings. The smallest absolute Gasteiger partial charge is 0.270 e. The van der Waals surface area contributed by atoms with Crippen molar-refractivity contribution in [3.63, 3.8) is 0 Å². The van der Waals surface area contributed by atoms with Crippen molar-refractivity contribution in [3.05, 3.63) is 107 Å². The molecule has 1 saturated heterocycles. The number of aryl methyl sites for hydroxylation is 1. The van der Waals surface area contributed by atoms with E-state index in [4.69, 9.17) is 21.7 Å².